The molecule has 0 fully saturated rings. The molecule has 1 heterocycles. The van der Waals surface area contributed by atoms with Gasteiger partial charge in [0, 0.05) is 18.7 Å². The van der Waals surface area contributed by atoms with E-state index in [0.717, 1.165) is 18.9 Å². The van der Waals surface area contributed by atoms with Gasteiger partial charge in [0.1, 0.15) is 5.82 Å². The molecule has 4 nitrogen and oxygen atoms in total. The van der Waals surface area contributed by atoms with Gasteiger partial charge in [-0.15, -0.1) is 0 Å². The Morgan fingerprint density at radius 3 is 2.16 bits per heavy atom. The Balaban J connectivity index is 3.14. The summed E-state index contributed by atoms with van der Waals surface area (Å²) in [5.41, 5.74) is -1.24. The van der Waals surface area contributed by atoms with Gasteiger partial charge in [0.25, 0.3) is 0 Å². The molecule has 0 unspecified atom stereocenters. The van der Waals surface area contributed by atoms with Crippen LogP contribution in [0.15, 0.2) is 6.07 Å². The van der Waals surface area contributed by atoms with E-state index in [0.29, 0.717) is 0 Å². The van der Waals surface area contributed by atoms with Crippen LogP contribution in [0.25, 0.3) is 0 Å². The summed E-state index contributed by atoms with van der Waals surface area (Å²) in [5, 5.41) is 5.59. The fraction of sp³-hybridized carbons (Fsp3) is 0.667. The molecule has 108 valence electrons. The second-order valence-corrected chi connectivity index (χ2v) is 4.60. The van der Waals surface area contributed by atoms with Gasteiger partial charge in [-0.2, -0.15) is 18.2 Å². The first-order valence-corrected chi connectivity index (χ1v) is 6.16. The minimum Gasteiger partial charge on any atom is -0.365 e. The van der Waals surface area contributed by atoms with Crippen molar-refractivity contribution in [1.29, 1.82) is 0 Å². The Labute approximate surface area is 110 Å². The Morgan fingerprint density at radius 2 is 1.74 bits per heavy atom. The highest BCUT2D eigenvalue weighted by molar-refractivity contribution is 5.44. The SMILES string of the molecule is CCC(C)(CC)Nc1cc(C(F)(F)F)nc(NC)n1. The van der Waals surface area contributed by atoms with Crippen molar-refractivity contribution in [3.63, 3.8) is 0 Å². The van der Waals surface area contributed by atoms with Gasteiger partial charge in [-0.25, -0.2) is 4.98 Å². The van der Waals surface area contributed by atoms with Crippen molar-refractivity contribution in [3.8, 4) is 0 Å². The van der Waals surface area contributed by atoms with Crippen molar-refractivity contribution in [2.75, 3.05) is 17.7 Å². The fourth-order valence-electron chi connectivity index (χ4n) is 1.50. The van der Waals surface area contributed by atoms with Crippen LogP contribution in [0, 0.1) is 0 Å². The molecule has 0 aliphatic rings. The third-order valence-corrected chi connectivity index (χ3v) is 3.23. The molecule has 0 aliphatic heterocycles. The van der Waals surface area contributed by atoms with Crippen molar-refractivity contribution in [3.05, 3.63) is 11.8 Å². The third-order valence-electron chi connectivity index (χ3n) is 3.23. The van der Waals surface area contributed by atoms with Crippen molar-refractivity contribution < 1.29 is 13.2 Å². The maximum atomic E-state index is 12.7. The molecule has 0 spiro atoms. The van der Waals surface area contributed by atoms with E-state index in [1.54, 1.807) is 0 Å². The van der Waals surface area contributed by atoms with E-state index in [1.807, 2.05) is 20.8 Å². The van der Waals surface area contributed by atoms with E-state index in [9.17, 15) is 13.2 Å². The zero-order valence-electron chi connectivity index (χ0n) is 11.5. The standard InChI is InChI=1S/C12H19F3N4/c1-5-11(3,6-2)19-9-7-8(12(13,14)15)17-10(16-4)18-9/h7H,5-6H2,1-4H3,(H2,16,17,18,19). The van der Waals surface area contributed by atoms with Gasteiger partial charge in [-0.3, -0.25) is 0 Å². The zero-order chi connectivity index (χ0) is 14.7. The molecule has 19 heavy (non-hydrogen) atoms. The largest absolute Gasteiger partial charge is 0.433 e. The number of aromatic nitrogens is 2. The number of alkyl halides is 3. The molecule has 0 atom stereocenters. The van der Waals surface area contributed by atoms with Gasteiger partial charge in [0.15, 0.2) is 5.69 Å². The number of halogens is 3. The molecule has 0 aromatic carbocycles. The van der Waals surface area contributed by atoms with Crippen LogP contribution in [0.2, 0.25) is 0 Å². The minimum absolute atomic E-state index is 0.0492. The summed E-state index contributed by atoms with van der Waals surface area (Å²) in [6.45, 7) is 5.89. The van der Waals surface area contributed by atoms with Gasteiger partial charge >= 0.3 is 6.18 Å². The molecular formula is C12H19F3N4. The molecule has 1 aromatic rings. The molecule has 1 aromatic heterocycles. The molecule has 0 aliphatic carbocycles. The number of hydrogen-bond donors (Lipinski definition) is 2. The van der Waals surface area contributed by atoms with Gasteiger partial charge in [0.2, 0.25) is 5.95 Å². The van der Waals surface area contributed by atoms with Crippen LogP contribution < -0.4 is 10.6 Å². The molecule has 1 rings (SSSR count). The lowest BCUT2D eigenvalue weighted by molar-refractivity contribution is -0.141. The first-order chi connectivity index (χ1) is 8.74. The molecule has 0 saturated heterocycles. The number of hydrogen-bond acceptors (Lipinski definition) is 4. The van der Waals surface area contributed by atoms with Crippen LogP contribution in [0.5, 0.6) is 0 Å². The predicted molar refractivity (Wildman–Crippen MR) is 69.2 cm³/mol. The smallest absolute Gasteiger partial charge is 0.365 e. The number of nitrogens with zero attached hydrogens (tertiary/aromatic N) is 2. The van der Waals surface area contributed by atoms with Crippen molar-refractivity contribution in [2.45, 2.75) is 45.3 Å². The van der Waals surface area contributed by atoms with Crippen LogP contribution in [-0.2, 0) is 6.18 Å². The molecule has 2 N–H and O–H groups in total. The number of rotatable bonds is 5. The van der Waals surface area contributed by atoms with Crippen LogP contribution in [-0.4, -0.2) is 22.6 Å². The van der Waals surface area contributed by atoms with Crippen LogP contribution in [0.3, 0.4) is 0 Å². The van der Waals surface area contributed by atoms with Gasteiger partial charge in [-0.05, 0) is 19.8 Å². The lowest BCUT2D eigenvalue weighted by Crippen LogP contribution is -2.33. The maximum Gasteiger partial charge on any atom is 0.433 e. The summed E-state index contributed by atoms with van der Waals surface area (Å²) in [4.78, 5) is 7.43. The molecule has 0 amide bonds. The summed E-state index contributed by atoms with van der Waals surface area (Å²) in [5.74, 6) is 0.129. The molecule has 0 saturated carbocycles. The summed E-state index contributed by atoms with van der Waals surface area (Å²) in [6, 6.07) is 0.935. The average molecular weight is 276 g/mol. The first-order valence-electron chi connectivity index (χ1n) is 6.16. The Bertz CT molecular complexity index is 427. The molecule has 0 radical (unpaired) electrons. The predicted octanol–water partition coefficient (Wildman–Crippen LogP) is 3.53. The Kier molecular flexibility index (Phi) is 4.60. The third kappa shape index (κ3) is 3.97. The second kappa shape index (κ2) is 5.63. The normalized spacial score (nSPS) is 12.4. The highest BCUT2D eigenvalue weighted by Gasteiger charge is 2.34. The summed E-state index contributed by atoms with van der Waals surface area (Å²) >= 11 is 0. The quantitative estimate of drug-likeness (QED) is 0.863. The monoisotopic (exact) mass is 276 g/mol. The van der Waals surface area contributed by atoms with Crippen molar-refractivity contribution in [1.82, 2.24) is 9.97 Å². The topological polar surface area (TPSA) is 49.8 Å². The molecule has 0 bridgehead atoms. The van der Waals surface area contributed by atoms with Gasteiger partial charge < -0.3 is 10.6 Å². The van der Waals surface area contributed by atoms with E-state index < -0.39 is 11.9 Å². The number of nitrogens with one attached hydrogen (secondary N) is 2. The summed E-state index contributed by atoms with van der Waals surface area (Å²) in [7, 11) is 1.48. The zero-order valence-corrected chi connectivity index (χ0v) is 11.5. The maximum absolute atomic E-state index is 12.7. The van der Waals surface area contributed by atoms with Crippen LogP contribution in [0.4, 0.5) is 24.9 Å². The van der Waals surface area contributed by atoms with Crippen molar-refractivity contribution in [2.24, 2.45) is 0 Å². The molecule has 7 heteroatoms. The highest BCUT2D eigenvalue weighted by Crippen LogP contribution is 2.30. The lowest BCUT2D eigenvalue weighted by Gasteiger charge is -2.29. The van der Waals surface area contributed by atoms with Gasteiger partial charge in [0.05, 0.1) is 0 Å². The van der Waals surface area contributed by atoms with Gasteiger partial charge in [-0.1, -0.05) is 13.8 Å². The highest BCUT2D eigenvalue weighted by atomic mass is 19.4. The molecular weight excluding hydrogens is 257 g/mol. The minimum atomic E-state index is -4.49. The summed E-state index contributed by atoms with van der Waals surface area (Å²) in [6.07, 6.45) is -2.92. The van der Waals surface area contributed by atoms with Crippen molar-refractivity contribution >= 4 is 11.8 Å². The van der Waals surface area contributed by atoms with E-state index in [4.69, 9.17) is 0 Å². The van der Waals surface area contributed by atoms with Crippen LogP contribution in [0.1, 0.15) is 39.3 Å². The Hall–Kier alpha value is -1.53. The Morgan fingerprint density at radius 1 is 1.16 bits per heavy atom. The van der Waals surface area contributed by atoms with E-state index in [1.165, 1.54) is 7.05 Å². The number of anilines is 2. The van der Waals surface area contributed by atoms with Crippen LogP contribution >= 0.6 is 0 Å². The van der Waals surface area contributed by atoms with E-state index in [-0.39, 0.29) is 17.3 Å². The van der Waals surface area contributed by atoms with E-state index >= 15 is 0 Å². The van der Waals surface area contributed by atoms with E-state index in [2.05, 4.69) is 20.6 Å². The second-order valence-electron chi connectivity index (χ2n) is 4.60. The fourth-order valence-corrected chi connectivity index (χ4v) is 1.50. The average Bonchev–Trinajstić information content (AvgIpc) is 2.37. The lowest BCUT2D eigenvalue weighted by atomic mass is 9.95. The first kappa shape index (κ1) is 15.5. The summed E-state index contributed by atoms with van der Waals surface area (Å²) < 4.78 is 38.2.